The highest BCUT2D eigenvalue weighted by Gasteiger charge is 2.14. The fourth-order valence-corrected chi connectivity index (χ4v) is 2.21. The maximum atomic E-state index is 12.5. The van der Waals surface area contributed by atoms with Crippen LogP contribution in [0.2, 0.25) is 0 Å². The molecular formula is C20H22N2O4. The molecule has 2 aromatic rings. The molecule has 0 aromatic heterocycles. The number of carbonyl (C=O) groups is 3. The van der Waals surface area contributed by atoms with Crippen molar-refractivity contribution in [3.8, 4) is 5.75 Å². The molecule has 0 spiro atoms. The van der Waals surface area contributed by atoms with Crippen molar-refractivity contribution in [2.45, 2.75) is 33.6 Å². The van der Waals surface area contributed by atoms with E-state index in [1.54, 1.807) is 44.2 Å². The summed E-state index contributed by atoms with van der Waals surface area (Å²) in [5, 5.41) is 5.45. The molecule has 6 heteroatoms. The first-order valence-corrected chi connectivity index (χ1v) is 8.45. The first-order valence-electron chi connectivity index (χ1n) is 8.45. The van der Waals surface area contributed by atoms with Crippen LogP contribution in [0.5, 0.6) is 5.75 Å². The van der Waals surface area contributed by atoms with Crippen LogP contribution in [0.3, 0.4) is 0 Å². The number of amides is 2. The van der Waals surface area contributed by atoms with Crippen molar-refractivity contribution in [2.24, 2.45) is 0 Å². The molecule has 2 aromatic carbocycles. The molecule has 0 bridgehead atoms. The summed E-state index contributed by atoms with van der Waals surface area (Å²) in [6.07, 6.45) is 0.521. The van der Waals surface area contributed by atoms with Crippen molar-refractivity contribution in [2.75, 3.05) is 10.6 Å². The average Bonchev–Trinajstić information content (AvgIpc) is 2.63. The molecule has 0 unspecified atom stereocenters. The fourth-order valence-electron chi connectivity index (χ4n) is 2.21. The predicted octanol–water partition coefficient (Wildman–Crippen LogP) is 3.91. The van der Waals surface area contributed by atoms with Gasteiger partial charge < -0.3 is 15.4 Å². The van der Waals surface area contributed by atoms with E-state index in [-0.39, 0.29) is 24.0 Å². The van der Waals surface area contributed by atoms with E-state index in [4.69, 9.17) is 4.74 Å². The Morgan fingerprint density at radius 2 is 1.73 bits per heavy atom. The highest BCUT2D eigenvalue weighted by Crippen LogP contribution is 2.29. The number of nitrogens with one attached hydrogen (secondary N) is 2. The second-order valence-electron chi connectivity index (χ2n) is 5.76. The SMILES string of the molecule is CCC(=O)Nc1ccc(NC(=O)c2cccc(C)c2)c(OC(=O)CC)c1. The minimum Gasteiger partial charge on any atom is -0.424 e. The van der Waals surface area contributed by atoms with Gasteiger partial charge in [0.25, 0.3) is 5.91 Å². The molecule has 2 N–H and O–H groups in total. The molecule has 0 aliphatic carbocycles. The third kappa shape index (κ3) is 5.17. The zero-order valence-corrected chi connectivity index (χ0v) is 15.1. The quantitative estimate of drug-likeness (QED) is 0.608. The molecule has 0 aliphatic rings. The van der Waals surface area contributed by atoms with Crippen molar-refractivity contribution >= 4 is 29.2 Å². The first-order chi connectivity index (χ1) is 12.4. The lowest BCUT2D eigenvalue weighted by Gasteiger charge is -2.13. The van der Waals surface area contributed by atoms with Gasteiger partial charge in [0, 0.05) is 30.2 Å². The molecule has 136 valence electrons. The largest absolute Gasteiger partial charge is 0.424 e. The summed E-state index contributed by atoms with van der Waals surface area (Å²) in [5.74, 6) is -0.719. The Balaban J connectivity index is 2.28. The number of aryl methyl sites for hydroxylation is 1. The Hall–Kier alpha value is -3.15. The van der Waals surface area contributed by atoms with E-state index in [0.29, 0.717) is 23.4 Å². The van der Waals surface area contributed by atoms with E-state index in [0.717, 1.165) is 5.56 Å². The van der Waals surface area contributed by atoms with E-state index in [1.807, 2.05) is 13.0 Å². The Labute approximate surface area is 152 Å². The summed E-state index contributed by atoms with van der Waals surface area (Å²) in [6.45, 7) is 5.32. The number of benzene rings is 2. The molecule has 0 saturated carbocycles. The van der Waals surface area contributed by atoms with E-state index in [2.05, 4.69) is 10.6 Å². The molecule has 2 amide bonds. The van der Waals surface area contributed by atoms with Gasteiger partial charge in [-0.3, -0.25) is 14.4 Å². The minimum absolute atomic E-state index is 0.158. The van der Waals surface area contributed by atoms with Crippen molar-refractivity contribution < 1.29 is 19.1 Å². The third-order valence-electron chi connectivity index (χ3n) is 3.63. The Kier molecular flexibility index (Phi) is 6.49. The van der Waals surface area contributed by atoms with Crippen LogP contribution >= 0.6 is 0 Å². The zero-order valence-electron chi connectivity index (χ0n) is 15.1. The van der Waals surface area contributed by atoms with Gasteiger partial charge in [0.1, 0.15) is 0 Å². The molecule has 6 nitrogen and oxygen atoms in total. The summed E-state index contributed by atoms with van der Waals surface area (Å²) in [5.41, 5.74) is 2.31. The number of hydrogen-bond acceptors (Lipinski definition) is 4. The molecule has 26 heavy (non-hydrogen) atoms. The van der Waals surface area contributed by atoms with Gasteiger partial charge in [0.2, 0.25) is 5.91 Å². The van der Waals surface area contributed by atoms with Crippen LogP contribution in [0.15, 0.2) is 42.5 Å². The summed E-state index contributed by atoms with van der Waals surface area (Å²) in [7, 11) is 0. The molecule has 0 fully saturated rings. The van der Waals surface area contributed by atoms with Crippen LogP contribution in [-0.4, -0.2) is 17.8 Å². The average molecular weight is 354 g/mol. The van der Waals surface area contributed by atoms with Gasteiger partial charge in [-0.2, -0.15) is 0 Å². The third-order valence-corrected chi connectivity index (χ3v) is 3.63. The molecule has 0 heterocycles. The number of ether oxygens (including phenoxy) is 1. The van der Waals surface area contributed by atoms with Crippen LogP contribution in [0, 0.1) is 6.92 Å². The number of hydrogen-bond donors (Lipinski definition) is 2. The normalized spacial score (nSPS) is 10.1. The van der Waals surface area contributed by atoms with Gasteiger partial charge in [0.05, 0.1) is 5.69 Å². The Bertz CT molecular complexity index is 830. The first kappa shape index (κ1) is 19.2. The number of rotatable bonds is 6. The maximum absolute atomic E-state index is 12.5. The van der Waals surface area contributed by atoms with E-state index in [1.165, 1.54) is 6.07 Å². The molecule has 0 atom stereocenters. The zero-order chi connectivity index (χ0) is 19.1. The molecule has 0 aliphatic heterocycles. The molecule has 0 radical (unpaired) electrons. The van der Waals surface area contributed by atoms with E-state index in [9.17, 15) is 14.4 Å². The van der Waals surface area contributed by atoms with Gasteiger partial charge >= 0.3 is 5.97 Å². The van der Waals surface area contributed by atoms with Crippen LogP contribution in [0.1, 0.15) is 42.6 Å². The van der Waals surface area contributed by atoms with Crippen LogP contribution < -0.4 is 15.4 Å². The topological polar surface area (TPSA) is 84.5 Å². The van der Waals surface area contributed by atoms with Crippen molar-refractivity contribution in [3.63, 3.8) is 0 Å². The summed E-state index contributed by atoms with van der Waals surface area (Å²) >= 11 is 0. The fraction of sp³-hybridized carbons (Fsp3) is 0.250. The van der Waals surface area contributed by atoms with E-state index >= 15 is 0 Å². The number of esters is 1. The summed E-state index contributed by atoms with van der Waals surface area (Å²) < 4.78 is 5.31. The van der Waals surface area contributed by atoms with Gasteiger partial charge in [-0.1, -0.05) is 31.5 Å². The molecule has 2 rings (SSSR count). The van der Waals surface area contributed by atoms with Crippen LogP contribution in [0.25, 0.3) is 0 Å². The van der Waals surface area contributed by atoms with Crippen molar-refractivity contribution in [1.82, 2.24) is 0 Å². The predicted molar refractivity (Wildman–Crippen MR) is 100 cm³/mol. The van der Waals surface area contributed by atoms with Crippen molar-refractivity contribution in [3.05, 3.63) is 53.6 Å². The van der Waals surface area contributed by atoms with E-state index < -0.39 is 5.97 Å². The number of carbonyl (C=O) groups excluding carboxylic acids is 3. The smallest absolute Gasteiger partial charge is 0.310 e. The van der Waals surface area contributed by atoms with Gasteiger partial charge in [-0.05, 0) is 31.2 Å². The van der Waals surface area contributed by atoms with Gasteiger partial charge in [0.15, 0.2) is 5.75 Å². The summed E-state index contributed by atoms with van der Waals surface area (Å²) in [4.78, 5) is 35.7. The second kappa shape index (κ2) is 8.80. The Morgan fingerprint density at radius 3 is 2.38 bits per heavy atom. The lowest BCUT2D eigenvalue weighted by Crippen LogP contribution is -2.15. The highest BCUT2D eigenvalue weighted by atomic mass is 16.5. The molecule has 0 saturated heterocycles. The monoisotopic (exact) mass is 354 g/mol. The van der Waals surface area contributed by atoms with Crippen molar-refractivity contribution in [1.29, 1.82) is 0 Å². The van der Waals surface area contributed by atoms with Gasteiger partial charge in [-0.25, -0.2) is 0 Å². The highest BCUT2D eigenvalue weighted by molar-refractivity contribution is 6.05. The van der Waals surface area contributed by atoms with Gasteiger partial charge in [-0.15, -0.1) is 0 Å². The Morgan fingerprint density at radius 1 is 0.962 bits per heavy atom. The standard InChI is InChI=1S/C20H22N2O4/c1-4-18(23)21-15-9-10-16(17(12-15)26-19(24)5-2)22-20(25)14-8-6-7-13(3)11-14/h6-12H,4-5H2,1-3H3,(H,21,23)(H,22,25). The van der Waals surface area contributed by atoms with Crippen LogP contribution in [-0.2, 0) is 9.59 Å². The lowest BCUT2D eigenvalue weighted by atomic mass is 10.1. The second-order valence-corrected chi connectivity index (χ2v) is 5.76. The maximum Gasteiger partial charge on any atom is 0.310 e. The van der Waals surface area contributed by atoms with Crippen LogP contribution in [0.4, 0.5) is 11.4 Å². The molecular weight excluding hydrogens is 332 g/mol. The minimum atomic E-state index is -0.435. The lowest BCUT2D eigenvalue weighted by molar-refractivity contribution is -0.134. The number of anilines is 2. The summed E-state index contributed by atoms with van der Waals surface area (Å²) in [6, 6.07) is 11.9.